The molecule has 7 rings (SSSR count). The van der Waals surface area contributed by atoms with Crippen LogP contribution in [0.3, 0.4) is 0 Å². The van der Waals surface area contributed by atoms with Crippen LogP contribution in [0.5, 0.6) is 28.7 Å². The van der Waals surface area contributed by atoms with Crippen molar-refractivity contribution in [2.45, 2.75) is 50.0 Å². The van der Waals surface area contributed by atoms with Crippen molar-refractivity contribution in [3.8, 4) is 28.7 Å². The average molecular weight is 629 g/mol. The van der Waals surface area contributed by atoms with E-state index in [-0.39, 0.29) is 41.4 Å². The molecule has 240 valence electrons. The first kappa shape index (κ1) is 29.9. The standard InChI is InChI=1S/C35H36N2O9/c1-19(2)32(39)36-25-11-8-16-37(25)33(40)26-27(20-9-6-5-7-10-20)35(21-12-14-22(42-3)15-13-21)34(41,31(26)38)28-23(46-35)17-24-29(30(28)43-4)45-18-44-24/h5-7,9-10,12-15,17,19,25-27,41H,8,11,16,18H2,1-4H3,(H,36,39)/t25?,26-,27-,34+,35+/m1/s1. The predicted molar refractivity (Wildman–Crippen MR) is 164 cm³/mol. The molecule has 1 aliphatic carbocycles. The van der Waals surface area contributed by atoms with Gasteiger partial charge in [-0.1, -0.05) is 56.3 Å². The van der Waals surface area contributed by atoms with Gasteiger partial charge >= 0.3 is 0 Å². The summed E-state index contributed by atoms with van der Waals surface area (Å²) in [6, 6.07) is 17.6. The van der Waals surface area contributed by atoms with Gasteiger partial charge in [-0.15, -0.1) is 0 Å². The molecule has 2 fully saturated rings. The van der Waals surface area contributed by atoms with Gasteiger partial charge in [-0.3, -0.25) is 14.4 Å². The second-order valence-electron chi connectivity index (χ2n) is 12.4. The molecule has 3 aliphatic heterocycles. The van der Waals surface area contributed by atoms with Crippen molar-refractivity contribution in [2.75, 3.05) is 27.6 Å². The number of ether oxygens (including phenoxy) is 5. The van der Waals surface area contributed by atoms with Crippen LogP contribution in [0.25, 0.3) is 0 Å². The van der Waals surface area contributed by atoms with Crippen LogP contribution in [0, 0.1) is 11.8 Å². The summed E-state index contributed by atoms with van der Waals surface area (Å²) < 4.78 is 29.5. The van der Waals surface area contributed by atoms with Gasteiger partial charge in [0, 0.05) is 24.1 Å². The Labute approximate surface area is 266 Å². The van der Waals surface area contributed by atoms with Gasteiger partial charge in [-0.25, -0.2) is 0 Å². The molecule has 11 heteroatoms. The van der Waals surface area contributed by atoms with Crippen molar-refractivity contribution in [1.29, 1.82) is 0 Å². The average Bonchev–Trinajstić information content (AvgIpc) is 3.83. The summed E-state index contributed by atoms with van der Waals surface area (Å²) in [7, 11) is 2.96. The minimum atomic E-state index is -2.40. The molecule has 0 radical (unpaired) electrons. The van der Waals surface area contributed by atoms with Gasteiger partial charge in [0.25, 0.3) is 0 Å². The normalized spacial score (nSPS) is 27.3. The van der Waals surface area contributed by atoms with E-state index in [9.17, 15) is 14.7 Å². The molecule has 3 aromatic rings. The fourth-order valence-electron chi connectivity index (χ4n) is 7.56. The summed E-state index contributed by atoms with van der Waals surface area (Å²) in [6.45, 7) is 3.84. The molecule has 3 aromatic carbocycles. The molecule has 5 atom stereocenters. The quantitative estimate of drug-likeness (QED) is 0.377. The third-order valence-corrected chi connectivity index (χ3v) is 9.68. The number of hydrogen-bond acceptors (Lipinski definition) is 9. The highest BCUT2D eigenvalue weighted by molar-refractivity contribution is 6.11. The van der Waals surface area contributed by atoms with Crippen molar-refractivity contribution in [3.63, 3.8) is 0 Å². The Morgan fingerprint density at radius 2 is 1.76 bits per heavy atom. The lowest BCUT2D eigenvalue weighted by Gasteiger charge is -2.40. The van der Waals surface area contributed by atoms with Gasteiger partial charge in [0.05, 0.1) is 25.7 Å². The number of rotatable bonds is 7. The van der Waals surface area contributed by atoms with Crippen LogP contribution in [0.4, 0.5) is 0 Å². The third kappa shape index (κ3) is 4.03. The van der Waals surface area contributed by atoms with Gasteiger partial charge < -0.3 is 39.0 Å². The zero-order chi connectivity index (χ0) is 32.4. The summed E-state index contributed by atoms with van der Waals surface area (Å²) in [5, 5.41) is 16.2. The van der Waals surface area contributed by atoms with Gasteiger partial charge in [0.2, 0.25) is 30.0 Å². The summed E-state index contributed by atoms with van der Waals surface area (Å²) >= 11 is 0. The molecule has 46 heavy (non-hydrogen) atoms. The number of likely N-dealkylation sites (tertiary alicyclic amines) is 1. The maximum atomic E-state index is 15.1. The van der Waals surface area contributed by atoms with Crippen molar-refractivity contribution in [2.24, 2.45) is 11.8 Å². The summed E-state index contributed by atoms with van der Waals surface area (Å²) in [5.74, 6) is -2.66. The zero-order valence-corrected chi connectivity index (χ0v) is 26.1. The molecule has 0 spiro atoms. The third-order valence-electron chi connectivity index (χ3n) is 9.68. The topological polar surface area (TPSA) is 133 Å². The van der Waals surface area contributed by atoms with Crippen LogP contribution in [0.2, 0.25) is 0 Å². The number of amides is 2. The van der Waals surface area contributed by atoms with Crippen molar-refractivity contribution < 1.29 is 43.2 Å². The summed E-state index contributed by atoms with van der Waals surface area (Å²) in [4.78, 5) is 44.2. The first-order valence-electron chi connectivity index (χ1n) is 15.4. The van der Waals surface area contributed by atoms with Crippen molar-refractivity contribution in [3.05, 3.63) is 77.4 Å². The van der Waals surface area contributed by atoms with Gasteiger partial charge in [-0.05, 0) is 30.5 Å². The van der Waals surface area contributed by atoms with E-state index in [1.54, 1.807) is 56.2 Å². The number of ketones is 1. The highest BCUT2D eigenvalue weighted by Crippen LogP contribution is 2.70. The van der Waals surface area contributed by atoms with E-state index < -0.39 is 40.9 Å². The van der Waals surface area contributed by atoms with Crippen LogP contribution in [0.1, 0.15) is 49.3 Å². The number of aliphatic hydroxyl groups is 1. The molecule has 1 unspecified atom stereocenters. The maximum Gasteiger partial charge on any atom is 0.235 e. The SMILES string of the molecule is COc1ccc([C@@]23Oc4cc5c(c(OC)c4[C@]2(O)C(=O)[C@H](C(=O)N2CCCC2NC(=O)C(C)C)[C@H]3c2ccccc2)OCO5)cc1. The highest BCUT2D eigenvalue weighted by atomic mass is 16.7. The van der Waals surface area contributed by atoms with Crippen LogP contribution in [-0.4, -0.2) is 61.3 Å². The molecular weight excluding hydrogens is 592 g/mol. The number of carbonyl (C=O) groups excluding carboxylic acids is 3. The number of Topliss-reactive ketones (excluding diaryl/α,β-unsaturated/α-hetero) is 1. The monoisotopic (exact) mass is 628 g/mol. The number of fused-ring (bicyclic) bond motifs is 4. The Balaban J connectivity index is 1.47. The Morgan fingerprint density at radius 1 is 1.02 bits per heavy atom. The second-order valence-corrected chi connectivity index (χ2v) is 12.4. The molecule has 0 aromatic heterocycles. The summed E-state index contributed by atoms with van der Waals surface area (Å²) in [6.07, 6.45) is 0.609. The van der Waals surface area contributed by atoms with E-state index in [0.717, 1.165) is 0 Å². The molecular formula is C35H36N2O9. The molecule has 1 saturated heterocycles. The highest BCUT2D eigenvalue weighted by Gasteiger charge is 2.79. The van der Waals surface area contributed by atoms with Gasteiger partial charge in [-0.2, -0.15) is 0 Å². The maximum absolute atomic E-state index is 15.1. The lowest BCUT2D eigenvalue weighted by Crippen LogP contribution is -2.51. The molecule has 2 N–H and O–H groups in total. The first-order valence-corrected chi connectivity index (χ1v) is 15.4. The molecule has 4 aliphatic rings. The van der Waals surface area contributed by atoms with E-state index in [1.807, 2.05) is 30.3 Å². The number of methoxy groups -OCH3 is 2. The number of carbonyl (C=O) groups is 3. The fourth-order valence-corrected chi connectivity index (χ4v) is 7.56. The number of nitrogens with zero attached hydrogens (tertiary/aromatic N) is 1. The number of benzene rings is 3. The van der Waals surface area contributed by atoms with Gasteiger partial charge in [0.15, 0.2) is 22.9 Å². The van der Waals surface area contributed by atoms with Crippen molar-refractivity contribution >= 4 is 17.6 Å². The smallest absolute Gasteiger partial charge is 0.235 e. The first-order chi connectivity index (χ1) is 22.2. The Morgan fingerprint density at radius 3 is 2.43 bits per heavy atom. The van der Waals surface area contributed by atoms with Crippen molar-refractivity contribution in [1.82, 2.24) is 10.2 Å². The molecule has 1 saturated carbocycles. The number of hydrogen-bond donors (Lipinski definition) is 2. The summed E-state index contributed by atoms with van der Waals surface area (Å²) in [5.41, 5.74) is -3.07. The largest absolute Gasteiger partial charge is 0.497 e. The van der Waals surface area contributed by atoms with Crippen LogP contribution in [0.15, 0.2) is 60.7 Å². The molecule has 11 nitrogen and oxygen atoms in total. The zero-order valence-electron chi connectivity index (χ0n) is 26.1. The van der Waals surface area contributed by atoms with Crippen LogP contribution < -0.4 is 29.0 Å². The van der Waals surface area contributed by atoms with E-state index in [0.29, 0.717) is 42.0 Å². The minimum absolute atomic E-state index is 0.0716. The Bertz CT molecular complexity index is 1710. The minimum Gasteiger partial charge on any atom is -0.497 e. The lowest BCUT2D eigenvalue weighted by atomic mass is 9.70. The molecule has 0 bridgehead atoms. The van der Waals surface area contributed by atoms with E-state index in [4.69, 9.17) is 23.7 Å². The Hall–Kier alpha value is -4.77. The predicted octanol–water partition coefficient (Wildman–Crippen LogP) is 3.61. The number of nitrogens with one attached hydrogen (secondary N) is 1. The van der Waals surface area contributed by atoms with E-state index in [2.05, 4.69) is 5.32 Å². The van der Waals surface area contributed by atoms with E-state index >= 15 is 4.79 Å². The Kier molecular flexibility index (Phi) is 7.11. The molecule has 2 amide bonds. The van der Waals surface area contributed by atoms with E-state index in [1.165, 1.54) is 7.11 Å². The van der Waals surface area contributed by atoms with Crippen LogP contribution in [-0.2, 0) is 25.6 Å². The second kappa shape index (κ2) is 10.9. The van der Waals surface area contributed by atoms with Crippen LogP contribution >= 0.6 is 0 Å². The lowest BCUT2D eigenvalue weighted by molar-refractivity contribution is -0.153. The van der Waals surface area contributed by atoms with Gasteiger partial charge in [0.1, 0.15) is 23.6 Å². The molecule has 3 heterocycles. The fraction of sp³-hybridized carbons (Fsp3) is 0.400.